The summed E-state index contributed by atoms with van der Waals surface area (Å²) in [4.78, 5) is 31.5. The maximum Gasteiger partial charge on any atom is 0.357 e. The average Bonchev–Trinajstić information content (AvgIpc) is 3.24. The van der Waals surface area contributed by atoms with Gasteiger partial charge < -0.3 is 10.4 Å². The standard InChI is InChI=1S/C26H24FN5O3/c27-20-5-4-6-21(13-20)29-26(35)32-23-8-7-18(12-22(23)24(30-32)25(33)34)19-11-17(14-28-15-19)16-31-9-2-1-3-10-31/h4-8,11-15H,1-3,9-10,16H2,(H,29,35)(H,33,34). The Balaban J connectivity index is 1.47. The van der Waals surface area contributed by atoms with E-state index in [0.717, 1.165) is 41.0 Å². The molecule has 1 fully saturated rings. The third-order valence-electron chi connectivity index (χ3n) is 6.13. The highest BCUT2D eigenvalue weighted by atomic mass is 19.1. The third kappa shape index (κ3) is 4.90. The van der Waals surface area contributed by atoms with E-state index in [4.69, 9.17) is 0 Å². The number of amides is 1. The Labute approximate surface area is 201 Å². The summed E-state index contributed by atoms with van der Waals surface area (Å²) >= 11 is 0. The Morgan fingerprint density at radius 2 is 1.83 bits per heavy atom. The summed E-state index contributed by atoms with van der Waals surface area (Å²) in [5.74, 6) is -1.75. The number of carboxylic acids is 1. The SMILES string of the molecule is O=C(O)c1nn(C(=O)Nc2cccc(F)c2)c2ccc(-c3cncc(CN4CCCCC4)c3)cc12. The lowest BCUT2D eigenvalue weighted by Gasteiger charge is -2.26. The zero-order valence-electron chi connectivity index (χ0n) is 18.9. The van der Waals surface area contributed by atoms with Gasteiger partial charge in [0.2, 0.25) is 0 Å². The van der Waals surface area contributed by atoms with Gasteiger partial charge in [-0.25, -0.2) is 14.0 Å². The lowest BCUT2D eigenvalue weighted by molar-refractivity contribution is 0.0692. The highest BCUT2D eigenvalue weighted by Gasteiger charge is 2.21. The number of aromatic nitrogens is 3. The molecule has 0 unspecified atom stereocenters. The zero-order valence-corrected chi connectivity index (χ0v) is 18.9. The molecule has 178 valence electrons. The molecule has 1 aliphatic rings. The fourth-order valence-corrected chi connectivity index (χ4v) is 4.46. The molecule has 0 spiro atoms. The number of halogens is 1. The van der Waals surface area contributed by atoms with E-state index in [1.54, 1.807) is 18.3 Å². The molecular weight excluding hydrogens is 449 g/mol. The first-order valence-corrected chi connectivity index (χ1v) is 11.5. The Morgan fingerprint density at radius 1 is 1.00 bits per heavy atom. The number of nitrogens with one attached hydrogen (secondary N) is 1. The quantitative estimate of drug-likeness (QED) is 0.423. The van der Waals surface area contributed by atoms with Crippen molar-refractivity contribution in [1.82, 2.24) is 19.7 Å². The molecule has 1 saturated heterocycles. The van der Waals surface area contributed by atoms with Gasteiger partial charge in [0.15, 0.2) is 5.69 Å². The maximum absolute atomic E-state index is 13.5. The van der Waals surface area contributed by atoms with E-state index in [2.05, 4.69) is 26.4 Å². The van der Waals surface area contributed by atoms with Gasteiger partial charge in [-0.2, -0.15) is 9.78 Å². The smallest absolute Gasteiger partial charge is 0.357 e. The number of fused-ring (bicyclic) bond motifs is 1. The molecule has 0 saturated carbocycles. The number of carbonyl (C=O) groups excluding carboxylic acids is 1. The molecular formula is C26H24FN5O3. The number of piperidine rings is 1. The van der Waals surface area contributed by atoms with Crippen LogP contribution < -0.4 is 5.32 Å². The van der Waals surface area contributed by atoms with Gasteiger partial charge in [0.05, 0.1) is 5.52 Å². The summed E-state index contributed by atoms with van der Waals surface area (Å²) in [5, 5.41) is 16.6. The summed E-state index contributed by atoms with van der Waals surface area (Å²) < 4.78 is 14.5. The van der Waals surface area contributed by atoms with Crippen molar-refractivity contribution in [2.24, 2.45) is 0 Å². The maximum atomic E-state index is 13.5. The van der Waals surface area contributed by atoms with Gasteiger partial charge >= 0.3 is 12.0 Å². The Hall–Kier alpha value is -4.11. The van der Waals surface area contributed by atoms with Crippen LogP contribution in [0.4, 0.5) is 14.9 Å². The molecule has 0 bridgehead atoms. The number of pyridine rings is 1. The molecule has 2 aromatic carbocycles. The van der Waals surface area contributed by atoms with Crippen molar-refractivity contribution in [3.05, 3.63) is 78.0 Å². The molecule has 0 aliphatic carbocycles. The van der Waals surface area contributed by atoms with Gasteiger partial charge in [-0.1, -0.05) is 18.6 Å². The van der Waals surface area contributed by atoms with E-state index in [1.165, 1.54) is 43.5 Å². The van der Waals surface area contributed by atoms with Crippen molar-refractivity contribution in [3.63, 3.8) is 0 Å². The molecule has 1 amide bonds. The molecule has 9 heteroatoms. The van der Waals surface area contributed by atoms with Crippen LogP contribution in [0, 0.1) is 5.82 Å². The predicted molar refractivity (Wildman–Crippen MR) is 130 cm³/mol. The van der Waals surface area contributed by atoms with Crippen LogP contribution in [-0.4, -0.2) is 49.9 Å². The highest BCUT2D eigenvalue weighted by molar-refractivity contribution is 6.06. The fourth-order valence-electron chi connectivity index (χ4n) is 4.46. The summed E-state index contributed by atoms with van der Waals surface area (Å²) in [6.07, 6.45) is 7.28. The molecule has 0 atom stereocenters. The molecule has 8 nitrogen and oxygen atoms in total. The topological polar surface area (TPSA) is 100 Å². The Kier molecular flexibility index (Phi) is 6.24. The number of nitrogens with zero attached hydrogens (tertiary/aromatic N) is 4. The van der Waals surface area contributed by atoms with Crippen LogP contribution in [0.1, 0.15) is 35.3 Å². The van der Waals surface area contributed by atoms with E-state index < -0.39 is 17.8 Å². The third-order valence-corrected chi connectivity index (χ3v) is 6.13. The van der Waals surface area contributed by atoms with Crippen LogP contribution in [0.5, 0.6) is 0 Å². The summed E-state index contributed by atoms with van der Waals surface area (Å²) in [5.41, 5.74) is 3.05. The van der Waals surface area contributed by atoms with Crippen LogP contribution in [0.3, 0.4) is 0 Å². The first kappa shape index (κ1) is 22.7. The van der Waals surface area contributed by atoms with Crippen molar-refractivity contribution in [2.75, 3.05) is 18.4 Å². The van der Waals surface area contributed by atoms with Crippen LogP contribution in [0.2, 0.25) is 0 Å². The Morgan fingerprint density at radius 3 is 2.60 bits per heavy atom. The molecule has 2 N–H and O–H groups in total. The molecule has 2 aromatic heterocycles. The number of rotatable bonds is 5. The van der Waals surface area contributed by atoms with Crippen molar-refractivity contribution in [3.8, 4) is 11.1 Å². The number of carbonyl (C=O) groups is 2. The van der Waals surface area contributed by atoms with E-state index in [-0.39, 0.29) is 11.4 Å². The van der Waals surface area contributed by atoms with Crippen molar-refractivity contribution in [2.45, 2.75) is 25.8 Å². The van der Waals surface area contributed by atoms with Crippen LogP contribution in [0.25, 0.3) is 22.0 Å². The first-order chi connectivity index (χ1) is 17.0. The van der Waals surface area contributed by atoms with E-state index in [1.807, 2.05) is 12.3 Å². The minimum Gasteiger partial charge on any atom is -0.476 e. The Bertz CT molecular complexity index is 1410. The van der Waals surface area contributed by atoms with Gasteiger partial charge in [0.25, 0.3) is 0 Å². The predicted octanol–water partition coefficient (Wildman–Crippen LogP) is 5.00. The van der Waals surface area contributed by atoms with Crippen LogP contribution >= 0.6 is 0 Å². The van der Waals surface area contributed by atoms with Gasteiger partial charge in [0, 0.05) is 35.6 Å². The van der Waals surface area contributed by atoms with E-state index >= 15 is 0 Å². The van der Waals surface area contributed by atoms with Crippen LogP contribution in [-0.2, 0) is 6.54 Å². The minimum atomic E-state index is -1.25. The number of carboxylic acid groups (broad SMARTS) is 1. The molecule has 4 aromatic rings. The van der Waals surface area contributed by atoms with Crippen molar-refractivity contribution in [1.29, 1.82) is 0 Å². The monoisotopic (exact) mass is 473 g/mol. The number of likely N-dealkylation sites (tertiary alicyclic amines) is 1. The van der Waals surface area contributed by atoms with Gasteiger partial charge in [-0.05, 0) is 73.5 Å². The second-order valence-corrected chi connectivity index (χ2v) is 8.66. The number of anilines is 1. The molecule has 0 radical (unpaired) electrons. The van der Waals surface area contributed by atoms with E-state index in [0.29, 0.717) is 10.9 Å². The number of aromatic carboxylic acids is 1. The number of benzene rings is 2. The largest absolute Gasteiger partial charge is 0.476 e. The molecule has 1 aliphatic heterocycles. The summed E-state index contributed by atoms with van der Waals surface area (Å²) in [6, 6.07) is 12.0. The van der Waals surface area contributed by atoms with Crippen molar-refractivity contribution < 1.29 is 19.1 Å². The number of hydrogen-bond donors (Lipinski definition) is 2. The van der Waals surface area contributed by atoms with Crippen LogP contribution in [0.15, 0.2) is 60.9 Å². The number of hydrogen-bond acceptors (Lipinski definition) is 5. The molecule has 35 heavy (non-hydrogen) atoms. The minimum absolute atomic E-state index is 0.240. The summed E-state index contributed by atoms with van der Waals surface area (Å²) in [7, 11) is 0. The van der Waals surface area contributed by atoms with Gasteiger partial charge in [-0.3, -0.25) is 9.88 Å². The second kappa shape index (κ2) is 9.63. The lowest BCUT2D eigenvalue weighted by Crippen LogP contribution is -2.29. The summed E-state index contributed by atoms with van der Waals surface area (Å²) in [6.45, 7) is 2.98. The second-order valence-electron chi connectivity index (χ2n) is 8.66. The van der Waals surface area contributed by atoms with Crippen molar-refractivity contribution >= 4 is 28.6 Å². The van der Waals surface area contributed by atoms with Gasteiger partial charge in [0.1, 0.15) is 5.82 Å². The lowest BCUT2D eigenvalue weighted by atomic mass is 10.0. The normalized spacial score (nSPS) is 14.2. The molecule has 3 heterocycles. The first-order valence-electron chi connectivity index (χ1n) is 11.5. The molecule has 5 rings (SSSR count). The average molecular weight is 474 g/mol. The zero-order chi connectivity index (χ0) is 24.4. The highest BCUT2D eigenvalue weighted by Crippen LogP contribution is 2.28. The van der Waals surface area contributed by atoms with Gasteiger partial charge in [-0.15, -0.1) is 0 Å². The fraction of sp³-hybridized carbons (Fsp3) is 0.231. The van der Waals surface area contributed by atoms with E-state index in [9.17, 15) is 19.1 Å².